The lowest BCUT2D eigenvalue weighted by Crippen LogP contribution is -2.31. The molecule has 0 fully saturated rings. The quantitative estimate of drug-likeness (QED) is 0.869. The molecule has 3 rings (SSSR count). The van der Waals surface area contributed by atoms with Crippen LogP contribution in [0.15, 0.2) is 39.1 Å². The lowest BCUT2D eigenvalue weighted by molar-refractivity contribution is 0.114. The van der Waals surface area contributed by atoms with Crippen LogP contribution in [-0.4, -0.2) is 37.2 Å². The molecule has 0 aromatic heterocycles. The van der Waals surface area contributed by atoms with Crippen molar-refractivity contribution < 1.29 is 4.74 Å². The van der Waals surface area contributed by atoms with Crippen molar-refractivity contribution in [1.82, 2.24) is 0 Å². The molecule has 23 heavy (non-hydrogen) atoms. The number of hydrogen-bond donors (Lipinski definition) is 1. The summed E-state index contributed by atoms with van der Waals surface area (Å²) in [5.41, 5.74) is 3.87. The van der Waals surface area contributed by atoms with Crippen molar-refractivity contribution >= 4 is 34.6 Å². The summed E-state index contributed by atoms with van der Waals surface area (Å²) < 4.78 is 5.65. The Morgan fingerprint density at radius 3 is 2.78 bits per heavy atom. The fraction of sp³-hybridized carbons (Fsp3) is 0.444. The SMILES string of the molecule is CCOC1CC2=Nc3ccc(N(CC)CC)cc3SC2=CC1=N. The average Bonchev–Trinajstić information content (AvgIpc) is 2.55. The van der Waals surface area contributed by atoms with Gasteiger partial charge in [-0.25, -0.2) is 0 Å². The summed E-state index contributed by atoms with van der Waals surface area (Å²) in [4.78, 5) is 9.42. The van der Waals surface area contributed by atoms with Gasteiger partial charge in [0.1, 0.15) is 6.10 Å². The summed E-state index contributed by atoms with van der Waals surface area (Å²) in [7, 11) is 0. The fourth-order valence-corrected chi connectivity index (χ4v) is 4.04. The van der Waals surface area contributed by atoms with Gasteiger partial charge in [0.25, 0.3) is 0 Å². The van der Waals surface area contributed by atoms with E-state index in [1.54, 1.807) is 11.8 Å². The zero-order chi connectivity index (χ0) is 16.4. The van der Waals surface area contributed by atoms with Gasteiger partial charge in [-0.1, -0.05) is 11.8 Å². The van der Waals surface area contributed by atoms with Gasteiger partial charge in [-0.3, -0.25) is 4.99 Å². The first-order valence-electron chi connectivity index (χ1n) is 8.22. The minimum absolute atomic E-state index is 0.153. The zero-order valence-electron chi connectivity index (χ0n) is 13.9. The van der Waals surface area contributed by atoms with Crippen LogP contribution in [0.4, 0.5) is 11.4 Å². The van der Waals surface area contributed by atoms with E-state index in [2.05, 4.69) is 36.9 Å². The number of rotatable bonds is 5. The van der Waals surface area contributed by atoms with Gasteiger partial charge >= 0.3 is 0 Å². The lowest BCUT2D eigenvalue weighted by atomic mass is 10.00. The Hall–Kier alpha value is -1.59. The van der Waals surface area contributed by atoms with Crippen molar-refractivity contribution in [3.63, 3.8) is 0 Å². The standard InChI is InChI=1S/C18H23N3OS/c1-4-21(5-2)12-7-8-14-17(9-12)23-18-10-13(19)16(22-6-3)11-15(18)20-14/h7-10,16,19H,4-6,11H2,1-3H3. The van der Waals surface area contributed by atoms with Gasteiger partial charge in [-0.2, -0.15) is 0 Å². The summed E-state index contributed by atoms with van der Waals surface area (Å²) >= 11 is 1.72. The largest absolute Gasteiger partial charge is 0.372 e. The Morgan fingerprint density at radius 2 is 2.09 bits per heavy atom. The van der Waals surface area contributed by atoms with E-state index in [0.29, 0.717) is 18.7 Å². The first-order valence-corrected chi connectivity index (χ1v) is 9.04. The van der Waals surface area contributed by atoms with Gasteiger partial charge in [0.15, 0.2) is 0 Å². The third kappa shape index (κ3) is 3.21. The van der Waals surface area contributed by atoms with Crippen LogP contribution in [0.5, 0.6) is 0 Å². The van der Waals surface area contributed by atoms with Crippen LogP contribution in [-0.2, 0) is 4.74 Å². The molecule has 1 aromatic carbocycles. The molecule has 1 aliphatic carbocycles. The number of hydrogen-bond acceptors (Lipinski definition) is 5. The summed E-state index contributed by atoms with van der Waals surface area (Å²) in [6, 6.07) is 6.47. The Labute approximate surface area is 142 Å². The maximum Gasteiger partial charge on any atom is 0.104 e. The monoisotopic (exact) mass is 329 g/mol. The molecule has 0 amide bonds. The predicted molar refractivity (Wildman–Crippen MR) is 98.8 cm³/mol. The predicted octanol–water partition coefficient (Wildman–Crippen LogP) is 4.42. The van der Waals surface area contributed by atoms with Crippen molar-refractivity contribution in [3.8, 4) is 0 Å². The van der Waals surface area contributed by atoms with E-state index < -0.39 is 0 Å². The molecule has 1 aliphatic heterocycles. The molecular weight excluding hydrogens is 306 g/mol. The van der Waals surface area contributed by atoms with Crippen molar-refractivity contribution in [2.75, 3.05) is 24.6 Å². The topological polar surface area (TPSA) is 48.7 Å². The first kappa shape index (κ1) is 16.3. The highest BCUT2D eigenvalue weighted by molar-refractivity contribution is 8.04. The number of aliphatic imine (C=N–C) groups is 1. The highest BCUT2D eigenvalue weighted by atomic mass is 32.2. The summed E-state index contributed by atoms with van der Waals surface area (Å²) in [6.07, 6.45) is 2.46. The maximum atomic E-state index is 8.15. The Balaban J connectivity index is 1.92. The molecule has 2 aliphatic rings. The van der Waals surface area contributed by atoms with Crippen LogP contribution < -0.4 is 4.90 Å². The third-order valence-electron chi connectivity index (χ3n) is 4.21. The molecule has 5 heteroatoms. The Bertz CT molecular complexity index is 677. The van der Waals surface area contributed by atoms with E-state index >= 15 is 0 Å². The molecule has 0 spiro atoms. The lowest BCUT2D eigenvalue weighted by Gasteiger charge is -2.28. The minimum atomic E-state index is -0.153. The third-order valence-corrected chi connectivity index (χ3v) is 5.33. The number of thioether (sulfide) groups is 1. The summed E-state index contributed by atoms with van der Waals surface area (Å²) in [5, 5.41) is 8.15. The number of nitrogens with zero attached hydrogens (tertiary/aromatic N) is 2. The minimum Gasteiger partial charge on any atom is -0.372 e. The van der Waals surface area contributed by atoms with Crippen LogP contribution in [0.1, 0.15) is 27.2 Å². The van der Waals surface area contributed by atoms with Crippen LogP contribution >= 0.6 is 11.8 Å². The van der Waals surface area contributed by atoms with Crippen molar-refractivity contribution in [1.29, 1.82) is 5.41 Å². The molecule has 122 valence electrons. The normalized spacial score (nSPS) is 19.6. The van der Waals surface area contributed by atoms with Gasteiger partial charge in [0, 0.05) is 41.6 Å². The van der Waals surface area contributed by atoms with Gasteiger partial charge in [-0.15, -0.1) is 0 Å². The fourth-order valence-electron chi connectivity index (χ4n) is 2.97. The second-order valence-corrected chi connectivity index (χ2v) is 6.68. The zero-order valence-corrected chi connectivity index (χ0v) is 14.7. The summed E-state index contributed by atoms with van der Waals surface area (Å²) in [5.74, 6) is 0. The van der Waals surface area contributed by atoms with Crippen LogP contribution in [0.2, 0.25) is 0 Å². The van der Waals surface area contributed by atoms with Gasteiger partial charge in [-0.05, 0) is 45.0 Å². The molecule has 1 heterocycles. The van der Waals surface area contributed by atoms with E-state index in [9.17, 15) is 0 Å². The molecule has 1 N–H and O–H groups in total. The second kappa shape index (κ2) is 6.89. The number of fused-ring (bicyclic) bond motifs is 2. The first-order chi connectivity index (χ1) is 11.2. The molecule has 1 atom stereocenters. The molecule has 0 radical (unpaired) electrons. The molecule has 0 bridgehead atoms. The number of nitrogens with one attached hydrogen (secondary N) is 1. The molecule has 0 saturated heterocycles. The number of anilines is 1. The van der Waals surface area contributed by atoms with E-state index in [1.807, 2.05) is 13.0 Å². The van der Waals surface area contributed by atoms with Gasteiger partial charge in [0.05, 0.1) is 17.1 Å². The highest BCUT2D eigenvalue weighted by Gasteiger charge is 2.28. The van der Waals surface area contributed by atoms with Crippen molar-refractivity contribution in [2.45, 2.75) is 38.2 Å². The van der Waals surface area contributed by atoms with Gasteiger partial charge in [0.2, 0.25) is 0 Å². The van der Waals surface area contributed by atoms with E-state index in [0.717, 1.165) is 29.4 Å². The average molecular weight is 329 g/mol. The van der Waals surface area contributed by atoms with E-state index in [1.165, 1.54) is 10.6 Å². The molecular formula is C18H23N3OS. The number of benzene rings is 1. The second-order valence-electron chi connectivity index (χ2n) is 5.60. The molecule has 0 saturated carbocycles. The van der Waals surface area contributed by atoms with Crippen molar-refractivity contribution in [3.05, 3.63) is 29.2 Å². The molecule has 4 nitrogen and oxygen atoms in total. The maximum absolute atomic E-state index is 8.15. The number of allylic oxidation sites excluding steroid dienone is 1. The molecule has 1 unspecified atom stereocenters. The van der Waals surface area contributed by atoms with Gasteiger partial charge < -0.3 is 15.0 Å². The van der Waals surface area contributed by atoms with E-state index in [-0.39, 0.29) is 6.10 Å². The summed E-state index contributed by atoms with van der Waals surface area (Å²) in [6.45, 7) is 8.93. The van der Waals surface area contributed by atoms with Crippen molar-refractivity contribution in [2.24, 2.45) is 4.99 Å². The Morgan fingerprint density at radius 1 is 1.30 bits per heavy atom. The van der Waals surface area contributed by atoms with Crippen LogP contribution in [0.25, 0.3) is 0 Å². The van der Waals surface area contributed by atoms with Crippen LogP contribution in [0.3, 0.4) is 0 Å². The smallest absolute Gasteiger partial charge is 0.104 e. The van der Waals surface area contributed by atoms with E-state index in [4.69, 9.17) is 15.1 Å². The van der Waals surface area contributed by atoms with Crippen LogP contribution in [0, 0.1) is 5.41 Å². The Kier molecular flexibility index (Phi) is 4.87. The molecule has 1 aromatic rings. The number of ether oxygens (including phenoxy) is 1. The highest BCUT2D eigenvalue weighted by Crippen LogP contribution is 2.44.